The van der Waals surface area contributed by atoms with Gasteiger partial charge in [0.15, 0.2) is 0 Å². The van der Waals surface area contributed by atoms with Crippen LogP contribution in [0.4, 0.5) is 0 Å². The van der Waals surface area contributed by atoms with Crippen LogP contribution >= 0.6 is 11.3 Å². The van der Waals surface area contributed by atoms with Crippen molar-refractivity contribution in [2.24, 2.45) is 0 Å². The average molecular weight is 499 g/mol. The van der Waals surface area contributed by atoms with Crippen molar-refractivity contribution in [3.63, 3.8) is 0 Å². The maximum absolute atomic E-state index is 13.2. The molecule has 7 nitrogen and oxygen atoms in total. The molecule has 178 valence electrons. The van der Waals surface area contributed by atoms with Gasteiger partial charge in [0.2, 0.25) is 0 Å². The summed E-state index contributed by atoms with van der Waals surface area (Å²) in [6, 6.07) is 16.9. The summed E-state index contributed by atoms with van der Waals surface area (Å²) in [7, 11) is -2.70. The number of nitrogens with zero attached hydrogens (tertiary/aromatic N) is 1. The molecule has 0 atom stereocenters. The van der Waals surface area contributed by atoms with E-state index < -0.39 is 16.0 Å². The van der Waals surface area contributed by atoms with Gasteiger partial charge in [-0.15, -0.1) is 11.3 Å². The van der Waals surface area contributed by atoms with Crippen molar-refractivity contribution < 1.29 is 22.7 Å². The Morgan fingerprint density at radius 1 is 1.09 bits per heavy atom. The van der Waals surface area contributed by atoms with Crippen LogP contribution in [-0.2, 0) is 34.1 Å². The Morgan fingerprint density at radius 3 is 2.50 bits per heavy atom. The first-order chi connectivity index (χ1) is 16.3. The van der Waals surface area contributed by atoms with Gasteiger partial charge < -0.3 is 9.64 Å². The van der Waals surface area contributed by atoms with Crippen molar-refractivity contribution in [2.45, 2.75) is 30.5 Å². The fraction of sp³-hybridized carbons (Fsp3) is 0.280. The quantitative estimate of drug-likeness (QED) is 0.503. The van der Waals surface area contributed by atoms with Gasteiger partial charge in [0.05, 0.1) is 19.2 Å². The van der Waals surface area contributed by atoms with Gasteiger partial charge in [-0.05, 0) is 42.5 Å². The van der Waals surface area contributed by atoms with Crippen LogP contribution in [0, 0.1) is 6.92 Å². The van der Waals surface area contributed by atoms with E-state index in [1.165, 1.54) is 7.11 Å². The summed E-state index contributed by atoms with van der Waals surface area (Å²) in [5.74, 6) is -0.790. The number of carbonyl (C=O) groups is 2. The van der Waals surface area contributed by atoms with Crippen molar-refractivity contribution >= 4 is 33.2 Å². The van der Waals surface area contributed by atoms with E-state index in [2.05, 4.69) is 4.72 Å². The molecule has 3 aromatic rings. The molecule has 0 aliphatic carbocycles. The number of ether oxygens (including phenoxy) is 1. The van der Waals surface area contributed by atoms with Crippen LogP contribution in [-0.4, -0.2) is 45.4 Å². The number of sulfonamides is 1. The van der Waals surface area contributed by atoms with Crippen LogP contribution in [0.2, 0.25) is 0 Å². The molecule has 1 amide bonds. The Kier molecular flexibility index (Phi) is 7.16. The van der Waals surface area contributed by atoms with Crippen molar-refractivity contribution in [1.82, 2.24) is 9.62 Å². The highest BCUT2D eigenvalue weighted by atomic mass is 32.2. The van der Waals surface area contributed by atoms with Crippen molar-refractivity contribution in [3.05, 3.63) is 87.3 Å². The summed E-state index contributed by atoms with van der Waals surface area (Å²) in [4.78, 5) is 28.1. The zero-order valence-corrected chi connectivity index (χ0v) is 20.7. The summed E-state index contributed by atoms with van der Waals surface area (Å²) in [5.41, 5.74) is 3.23. The predicted octanol–water partition coefficient (Wildman–Crippen LogP) is 3.56. The minimum absolute atomic E-state index is 0.0531. The molecule has 2 aromatic carbocycles. The molecule has 0 radical (unpaired) electrons. The fourth-order valence-corrected chi connectivity index (χ4v) is 7.05. The van der Waals surface area contributed by atoms with Gasteiger partial charge in [-0.3, -0.25) is 4.79 Å². The monoisotopic (exact) mass is 498 g/mol. The van der Waals surface area contributed by atoms with Gasteiger partial charge in [-0.2, -0.15) is 0 Å². The number of hydrogen-bond donors (Lipinski definition) is 1. The SMILES string of the molecule is COC(=O)c1c(S(=O)(=O)NCCc2ccccc2)sc2c1CCN(C(=O)c1ccccc1C)C2. The summed E-state index contributed by atoms with van der Waals surface area (Å²) in [5, 5.41) is 0. The van der Waals surface area contributed by atoms with Gasteiger partial charge in [0.25, 0.3) is 15.9 Å². The second kappa shape index (κ2) is 10.1. The zero-order valence-electron chi connectivity index (χ0n) is 19.0. The van der Waals surface area contributed by atoms with Gasteiger partial charge in [0.1, 0.15) is 4.21 Å². The van der Waals surface area contributed by atoms with Crippen molar-refractivity contribution in [1.29, 1.82) is 0 Å². The van der Waals surface area contributed by atoms with E-state index in [0.717, 1.165) is 22.5 Å². The van der Waals surface area contributed by atoms with E-state index in [0.29, 0.717) is 35.4 Å². The second-order valence-electron chi connectivity index (χ2n) is 8.08. The topological polar surface area (TPSA) is 92.8 Å². The smallest absolute Gasteiger partial charge is 0.340 e. The molecule has 2 heterocycles. The number of amides is 1. The highest BCUT2D eigenvalue weighted by Gasteiger charge is 2.35. The Morgan fingerprint density at radius 2 is 1.79 bits per heavy atom. The molecule has 0 spiro atoms. The molecule has 1 aromatic heterocycles. The van der Waals surface area contributed by atoms with Crippen LogP contribution < -0.4 is 4.72 Å². The maximum Gasteiger partial charge on any atom is 0.340 e. The largest absolute Gasteiger partial charge is 0.465 e. The number of hydrogen-bond acceptors (Lipinski definition) is 6. The first-order valence-corrected chi connectivity index (χ1v) is 13.2. The summed E-state index contributed by atoms with van der Waals surface area (Å²) < 4.78 is 33.8. The lowest BCUT2D eigenvalue weighted by atomic mass is 10.0. The third-order valence-electron chi connectivity index (χ3n) is 5.87. The Balaban J connectivity index is 1.59. The molecule has 0 fully saturated rings. The third kappa shape index (κ3) is 4.91. The van der Waals surface area contributed by atoms with Crippen LogP contribution in [0.5, 0.6) is 0 Å². The number of aryl methyl sites for hydroxylation is 1. The molecule has 1 aliphatic heterocycles. The molecule has 34 heavy (non-hydrogen) atoms. The number of fused-ring (bicyclic) bond motifs is 1. The first-order valence-electron chi connectivity index (χ1n) is 10.9. The van der Waals surface area contributed by atoms with E-state index in [4.69, 9.17) is 4.74 Å². The molecule has 9 heteroatoms. The molecule has 1 N–H and O–H groups in total. The molecule has 0 saturated heterocycles. The van der Waals surface area contributed by atoms with Gasteiger partial charge in [-0.1, -0.05) is 48.5 Å². The lowest BCUT2D eigenvalue weighted by Gasteiger charge is -2.27. The van der Waals surface area contributed by atoms with Crippen LogP contribution in [0.15, 0.2) is 58.8 Å². The van der Waals surface area contributed by atoms with E-state index in [1.54, 1.807) is 11.0 Å². The molecular formula is C25H26N2O5S2. The van der Waals surface area contributed by atoms with E-state index in [9.17, 15) is 18.0 Å². The van der Waals surface area contributed by atoms with Crippen molar-refractivity contribution in [2.75, 3.05) is 20.2 Å². The molecule has 1 aliphatic rings. The van der Waals surface area contributed by atoms with Crippen LogP contribution in [0.3, 0.4) is 0 Å². The standard InChI is InChI=1S/C25H26N2O5S2/c1-17-8-6-7-11-19(17)23(28)27-15-13-20-21(16-27)33-25(22(20)24(29)32-2)34(30,31)26-14-12-18-9-4-3-5-10-18/h3-11,26H,12-16H2,1-2H3. The van der Waals surface area contributed by atoms with Crippen molar-refractivity contribution in [3.8, 4) is 0 Å². The minimum atomic E-state index is -3.94. The lowest BCUT2D eigenvalue weighted by molar-refractivity contribution is 0.0595. The van der Waals surface area contributed by atoms with E-state index >= 15 is 0 Å². The number of methoxy groups -OCH3 is 1. The fourth-order valence-electron chi connectivity index (χ4n) is 4.07. The molecule has 0 saturated carbocycles. The van der Waals surface area contributed by atoms with Crippen LogP contribution in [0.25, 0.3) is 0 Å². The van der Waals surface area contributed by atoms with Gasteiger partial charge in [0, 0.05) is 23.5 Å². The minimum Gasteiger partial charge on any atom is -0.465 e. The third-order valence-corrected chi connectivity index (χ3v) is 9.07. The normalized spacial score (nSPS) is 13.4. The second-order valence-corrected chi connectivity index (χ2v) is 11.2. The van der Waals surface area contributed by atoms with Gasteiger partial charge >= 0.3 is 5.97 Å². The number of rotatable bonds is 7. The summed E-state index contributed by atoms with van der Waals surface area (Å²) in [6.07, 6.45) is 0.908. The first kappa shape index (κ1) is 24.1. The molecular weight excluding hydrogens is 472 g/mol. The van der Waals surface area contributed by atoms with E-state index in [1.807, 2.05) is 55.5 Å². The highest BCUT2D eigenvalue weighted by Crippen LogP contribution is 2.37. The Hall–Kier alpha value is -3.01. The maximum atomic E-state index is 13.2. The summed E-state index contributed by atoms with van der Waals surface area (Å²) in [6.45, 7) is 2.72. The number of benzene rings is 2. The average Bonchev–Trinajstić information content (AvgIpc) is 3.24. The van der Waals surface area contributed by atoms with Crippen LogP contribution in [0.1, 0.15) is 42.3 Å². The predicted molar refractivity (Wildman–Crippen MR) is 131 cm³/mol. The number of thiophene rings is 1. The van der Waals surface area contributed by atoms with E-state index in [-0.39, 0.29) is 28.8 Å². The molecule has 0 unspecified atom stereocenters. The zero-order chi connectivity index (χ0) is 24.3. The number of carbonyl (C=O) groups excluding carboxylic acids is 2. The molecule has 0 bridgehead atoms. The summed E-state index contributed by atoms with van der Waals surface area (Å²) >= 11 is 1.03. The molecule has 4 rings (SSSR count). The van der Waals surface area contributed by atoms with Gasteiger partial charge in [-0.25, -0.2) is 17.9 Å². The Labute approximate surface area is 203 Å². The number of esters is 1. The highest BCUT2D eigenvalue weighted by molar-refractivity contribution is 7.91. The number of nitrogens with one attached hydrogen (secondary N) is 1. The lowest BCUT2D eigenvalue weighted by Crippen LogP contribution is -2.36. The Bertz CT molecular complexity index is 1320.